The first kappa shape index (κ1) is 19.3. The van der Waals surface area contributed by atoms with Crippen molar-refractivity contribution in [2.24, 2.45) is 5.92 Å². The average Bonchev–Trinajstić information content (AvgIpc) is 2.67. The highest BCUT2D eigenvalue weighted by Crippen LogP contribution is 2.25. The van der Waals surface area contributed by atoms with E-state index in [0.29, 0.717) is 13.1 Å². The molecule has 3 rings (SSSR count). The maximum Gasteiger partial charge on any atom is 0.307 e. The Morgan fingerprint density at radius 1 is 1.11 bits per heavy atom. The molecule has 1 saturated heterocycles. The quantitative estimate of drug-likeness (QED) is 0.663. The van der Waals surface area contributed by atoms with Crippen molar-refractivity contribution in [2.45, 2.75) is 24.0 Å². The number of para-hydroxylation sites is 1. The summed E-state index contributed by atoms with van der Waals surface area (Å²) in [5.41, 5.74) is 0.929. The first-order valence-electron chi connectivity index (χ1n) is 8.67. The van der Waals surface area contributed by atoms with Gasteiger partial charge in [0, 0.05) is 19.1 Å². The molecule has 3 N–H and O–H groups in total. The summed E-state index contributed by atoms with van der Waals surface area (Å²) in [6.45, 7) is 0.972. The van der Waals surface area contributed by atoms with E-state index in [1.54, 1.807) is 18.2 Å². The van der Waals surface area contributed by atoms with Gasteiger partial charge in [-0.25, -0.2) is 13.1 Å². The van der Waals surface area contributed by atoms with Crippen molar-refractivity contribution >= 4 is 16.0 Å². The number of rotatable bonds is 7. The first-order valence-corrected chi connectivity index (χ1v) is 10.2. The summed E-state index contributed by atoms with van der Waals surface area (Å²) in [5.74, 6) is -1.29. The number of ether oxygens (including phenoxy) is 1. The van der Waals surface area contributed by atoms with Crippen LogP contribution in [-0.2, 0) is 21.4 Å². The van der Waals surface area contributed by atoms with Gasteiger partial charge in [0.1, 0.15) is 17.3 Å². The molecule has 1 heterocycles. The van der Waals surface area contributed by atoms with Crippen LogP contribution in [0.4, 0.5) is 0 Å². The molecule has 0 aromatic heterocycles. The average molecular weight is 390 g/mol. The Kier molecular flexibility index (Phi) is 6.10. The molecule has 1 aliphatic rings. The van der Waals surface area contributed by atoms with Crippen LogP contribution in [0.25, 0.3) is 0 Å². The molecule has 0 bridgehead atoms. The van der Waals surface area contributed by atoms with Crippen LogP contribution in [0.3, 0.4) is 0 Å². The summed E-state index contributed by atoms with van der Waals surface area (Å²) in [7, 11) is -3.85. The number of hydrogen-bond acceptors (Lipinski definition) is 5. The molecule has 8 heteroatoms. The largest absolute Gasteiger partial charge is 0.487 e. The normalized spacial score (nSPS) is 20.1. The van der Waals surface area contributed by atoms with Gasteiger partial charge in [-0.2, -0.15) is 0 Å². The number of aliphatic carboxylic acids is 1. The summed E-state index contributed by atoms with van der Waals surface area (Å²) in [6.07, 6.45) is 0.245. The highest BCUT2D eigenvalue weighted by molar-refractivity contribution is 7.89. The number of carbonyl (C=O) groups is 1. The van der Waals surface area contributed by atoms with Gasteiger partial charge in [-0.15, -0.1) is 0 Å². The third-order valence-electron chi connectivity index (χ3n) is 4.40. The third-order valence-corrected chi connectivity index (χ3v) is 5.96. The van der Waals surface area contributed by atoms with Crippen molar-refractivity contribution in [1.82, 2.24) is 10.0 Å². The summed E-state index contributed by atoms with van der Waals surface area (Å²) in [4.78, 5) is 11.2. The zero-order valence-corrected chi connectivity index (χ0v) is 15.5. The minimum atomic E-state index is -3.85. The zero-order valence-electron chi connectivity index (χ0n) is 14.7. The van der Waals surface area contributed by atoms with Gasteiger partial charge in [0.25, 0.3) is 0 Å². The highest BCUT2D eigenvalue weighted by Gasteiger charge is 2.30. The van der Waals surface area contributed by atoms with E-state index in [-0.39, 0.29) is 23.7 Å². The Balaban J connectivity index is 1.73. The van der Waals surface area contributed by atoms with E-state index in [0.717, 1.165) is 5.56 Å². The van der Waals surface area contributed by atoms with Crippen molar-refractivity contribution in [3.05, 3.63) is 60.2 Å². The minimum Gasteiger partial charge on any atom is -0.487 e. The van der Waals surface area contributed by atoms with Crippen molar-refractivity contribution in [1.29, 1.82) is 0 Å². The number of sulfonamides is 1. The molecule has 0 aliphatic carbocycles. The number of hydrogen-bond donors (Lipinski definition) is 3. The van der Waals surface area contributed by atoms with Gasteiger partial charge in [-0.05, 0) is 24.1 Å². The van der Waals surface area contributed by atoms with Crippen LogP contribution in [0.15, 0.2) is 59.5 Å². The van der Waals surface area contributed by atoms with Gasteiger partial charge in [-0.3, -0.25) is 4.79 Å². The molecular weight excluding hydrogens is 368 g/mol. The van der Waals surface area contributed by atoms with Crippen LogP contribution < -0.4 is 14.8 Å². The lowest BCUT2D eigenvalue weighted by atomic mass is 9.97. The van der Waals surface area contributed by atoms with Crippen LogP contribution >= 0.6 is 0 Å². The van der Waals surface area contributed by atoms with E-state index in [9.17, 15) is 13.2 Å². The van der Waals surface area contributed by atoms with Crippen molar-refractivity contribution in [3.8, 4) is 5.75 Å². The Morgan fingerprint density at radius 3 is 2.56 bits per heavy atom. The number of carboxylic acid groups (broad SMARTS) is 1. The van der Waals surface area contributed by atoms with Crippen LogP contribution in [-0.4, -0.2) is 38.6 Å². The third kappa shape index (κ3) is 5.06. The molecule has 0 radical (unpaired) electrons. The lowest BCUT2D eigenvalue weighted by Gasteiger charge is -2.28. The highest BCUT2D eigenvalue weighted by atomic mass is 32.2. The maximum absolute atomic E-state index is 12.8. The summed E-state index contributed by atoms with van der Waals surface area (Å²) in [6, 6.07) is 15.4. The second-order valence-electron chi connectivity index (χ2n) is 6.47. The molecule has 0 spiro atoms. The smallest absolute Gasteiger partial charge is 0.307 e. The van der Waals surface area contributed by atoms with Crippen molar-refractivity contribution < 1.29 is 23.1 Å². The Labute approximate surface area is 158 Å². The number of benzene rings is 2. The summed E-state index contributed by atoms with van der Waals surface area (Å²) < 4.78 is 34.0. The molecule has 0 amide bonds. The molecular formula is C19H22N2O5S. The fourth-order valence-corrected chi connectivity index (χ4v) is 4.42. The number of piperidine rings is 1. The van der Waals surface area contributed by atoms with Gasteiger partial charge in [0.05, 0.1) is 5.92 Å². The molecule has 1 fully saturated rings. The van der Waals surface area contributed by atoms with Crippen molar-refractivity contribution in [3.63, 3.8) is 0 Å². The molecule has 2 atom stereocenters. The number of carboxylic acids is 1. The molecule has 0 unspecified atom stereocenters. The van der Waals surface area contributed by atoms with Gasteiger partial charge in [0.2, 0.25) is 10.0 Å². The zero-order chi connectivity index (χ0) is 19.3. The summed E-state index contributed by atoms with van der Waals surface area (Å²) in [5, 5.41) is 12.1. The first-order chi connectivity index (χ1) is 13.0. The molecule has 1 aliphatic heterocycles. The Bertz CT molecular complexity index is 886. The predicted octanol–water partition coefficient (Wildman–Crippen LogP) is 1.61. The monoisotopic (exact) mass is 390 g/mol. The van der Waals surface area contributed by atoms with Crippen molar-refractivity contribution in [2.75, 3.05) is 13.1 Å². The van der Waals surface area contributed by atoms with E-state index in [1.165, 1.54) is 6.07 Å². The van der Waals surface area contributed by atoms with E-state index in [2.05, 4.69) is 10.0 Å². The van der Waals surface area contributed by atoms with Crippen LogP contribution in [0.1, 0.15) is 12.0 Å². The molecule has 2 aromatic rings. The van der Waals surface area contributed by atoms with E-state index >= 15 is 0 Å². The molecule has 0 saturated carbocycles. The van der Waals surface area contributed by atoms with Gasteiger partial charge < -0.3 is 15.2 Å². The second kappa shape index (κ2) is 8.51. The topological polar surface area (TPSA) is 105 Å². The molecule has 27 heavy (non-hydrogen) atoms. The lowest BCUT2D eigenvalue weighted by Crippen LogP contribution is -2.50. The van der Waals surface area contributed by atoms with E-state index in [4.69, 9.17) is 9.84 Å². The van der Waals surface area contributed by atoms with E-state index < -0.39 is 28.0 Å². The van der Waals surface area contributed by atoms with Gasteiger partial charge in [-0.1, -0.05) is 42.5 Å². The van der Waals surface area contributed by atoms with Crippen LogP contribution in [0, 0.1) is 5.92 Å². The summed E-state index contributed by atoms with van der Waals surface area (Å²) >= 11 is 0. The SMILES string of the molecule is O=C(O)[C@@H]1CNC[C@H](NS(=O)(=O)c2ccccc2OCc2ccccc2)C1. The second-order valence-corrected chi connectivity index (χ2v) is 8.15. The minimum absolute atomic E-state index is 0.0402. The standard InChI is InChI=1S/C19H22N2O5S/c22-19(23)15-10-16(12-20-11-15)21-27(24,25)18-9-5-4-8-17(18)26-13-14-6-2-1-3-7-14/h1-9,15-16,20-21H,10-13H2,(H,22,23)/t15-,16+/m0/s1. The lowest BCUT2D eigenvalue weighted by molar-refractivity contribution is -0.142. The van der Waals surface area contributed by atoms with Gasteiger partial charge >= 0.3 is 5.97 Å². The van der Waals surface area contributed by atoms with E-state index in [1.807, 2.05) is 30.3 Å². The fourth-order valence-electron chi connectivity index (χ4n) is 3.03. The molecule has 144 valence electrons. The van der Waals surface area contributed by atoms with Gasteiger partial charge in [0.15, 0.2) is 0 Å². The van der Waals surface area contributed by atoms with Crippen LogP contribution in [0.5, 0.6) is 5.75 Å². The molecule has 7 nitrogen and oxygen atoms in total. The Morgan fingerprint density at radius 2 is 1.81 bits per heavy atom. The molecule has 2 aromatic carbocycles. The number of nitrogens with one attached hydrogen (secondary N) is 2. The maximum atomic E-state index is 12.8. The predicted molar refractivity (Wildman–Crippen MR) is 99.9 cm³/mol. The fraction of sp³-hybridized carbons (Fsp3) is 0.316. The van der Waals surface area contributed by atoms with Crippen LogP contribution in [0.2, 0.25) is 0 Å². The Hall–Kier alpha value is -2.42.